The number of rotatable bonds is 4. The van der Waals surface area contributed by atoms with Crippen molar-refractivity contribution in [2.24, 2.45) is 0 Å². The zero-order chi connectivity index (χ0) is 22.4. The fourth-order valence-electron chi connectivity index (χ4n) is 4.18. The van der Waals surface area contributed by atoms with E-state index in [2.05, 4.69) is 19.9 Å². The van der Waals surface area contributed by atoms with Crippen LogP contribution in [0.2, 0.25) is 5.02 Å². The van der Waals surface area contributed by atoms with Crippen molar-refractivity contribution in [1.29, 1.82) is 0 Å². The molecule has 0 bridgehead atoms. The topological polar surface area (TPSA) is 104 Å². The number of carbonyl (C=O) groups is 1. The van der Waals surface area contributed by atoms with Crippen LogP contribution >= 0.6 is 11.6 Å². The van der Waals surface area contributed by atoms with Gasteiger partial charge in [-0.15, -0.1) is 0 Å². The number of carbonyl (C=O) groups excluding carboxylic acids is 1. The Morgan fingerprint density at radius 2 is 2.13 bits per heavy atom. The number of methoxy groups -OCH3 is 1. The van der Waals surface area contributed by atoms with Crippen LogP contribution in [0.1, 0.15) is 42.6 Å². The molecule has 1 unspecified atom stereocenters. The lowest BCUT2D eigenvalue weighted by Crippen LogP contribution is -2.47. The minimum atomic E-state index is -0.305. The summed E-state index contributed by atoms with van der Waals surface area (Å²) >= 11 is 6.54. The van der Waals surface area contributed by atoms with Crippen LogP contribution in [0.4, 0.5) is 11.5 Å². The summed E-state index contributed by atoms with van der Waals surface area (Å²) < 4.78 is 7.57. The van der Waals surface area contributed by atoms with E-state index in [1.807, 2.05) is 13.8 Å². The molecule has 9 nitrogen and oxygen atoms in total. The molecule has 4 rings (SSSR count). The number of aromatic nitrogens is 4. The van der Waals surface area contributed by atoms with Gasteiger partial charge in [0.25, 0.3) is 0 Å². The first kappa shape index (κ1) is 20.9. The number of anilines is 1. The van der Waals surface area contributed by atoms with E-state index in [9.17, 15) is 4.79 Å². The summed E-state index contributed by atoms with van der Waals surface area (Å²) in [7, 11) is 1.57. The number of nitrogens with two attached hydrogens (primary N) is 1. The van der Waals surface area contributed by atoms with E-state index in [0.29, 0.717) is 46.4 Å². The van der Waals surface area contributed by atoms with Gasteiger partial charge < -0.3 is 15.4 Å². The quantitative estimate of drug-likeness (QED) is 0.624. The molecule has 10 heteroatoms. The Balaban J connectivity index is 1.87. The van der Waals surface area contributed by atoms with E-state index < -0.39 is 0 Å². The number of hydrogen-bond donors (Lipinski definition) is 1. The van der Waals surface area contributed by atoms with Crippen LogP contribution in [0.15, 0.2) is 12.4 Å². The van der Waals surface area contributed by atoms with Crippen molar-refractivity contribution in [1.82, 2.24) is 24.6 Å². The smallest absolute Gasteiger partial charge is 0.219 e. The fraction of sp³-hybridized carbons (Fsp3) is 0.381. The van der Waals surface area contributed by atoms with Gasteiger partial charge in [0.05, 0.1) is 30.8 Å². The zero-order valence-electron chi connectivity index (χ0n) is 17.7. The molecule has 1 aliphatic heterocycles. The largest absolute Gasteiger partial charge is 0.497 e. The first-order valence-electron chi connectivity index (χ1n) is 9.77. The standard InChI is InChI=1S/C21H22ClN7O2/c1-10-16-20(23)25-9-26-21(16)29(27-10)11(2)14-6-15(22)18(24-4)17(19(14)31-5)13-7-28(8-13)12(3)30/h6,9,11,13H,7-8H2,1-3,5H3,(H2,23,25,26). The predicted molar refractivity (Wildman–Crippen MR) is 118 cm³/mol. The summed E-state index contributed by atoms with van der Waals surface area (Å²) in [6.45, 7) is 14.1. The summed E-state index contributed by atoms with van der Waals surface area (Å²) in [5.74, 6) is 0.931. The van der Waals surface area contributed by atoms with Crippen LogP contribution in [0.3, 0.4) is 0 Å². The second kappa shape index (κ2) is 7.71. The van der Waals surface area contributed by atoms with E-state index in [1.165, 1.54) is 13.3 Å². The minimum Gasteiger partial charge on any atom is -0.497 e. The Hall–Kier alpha value is -3.38. The Bertz CT molecular complexity index is 1240. The molecule has 1 atom stereocenters. The summed E-state index contributed by atoms with van der Waals surface area (Å²) in [5.41, 5.74) is 9.23. The van der Waals surface area contributed by atoms with Gasteiger partial charge in [0, 0.05) is 42.1 Å². The van der Waals surface area contributed by atoms with E-state index in [4.69, 9.17) is 28.6 Å². The highest BCUT2D eigenvalue weighted by atomic mass is 35.5. The van der Waals surface area contributed by atoms with Crippen LogP contribution < -0.4 is 10.5 Å². The fourth-order valence-corrected chi connectivity index (χ4v) is 4.44. The number of hydrogen-bond acceptors (Lipinski definition) is 6. The molecule has 3 heterocycles. The molecule has 0 aliphatic carbocycles. The zero-order valence-corrected chi connectivity index (χ0v) is 18.4. The van der Waals surface area contributed by atoms with Gasteiger partial charge in [0.1, 0.15) is 17.9 Å². The van der Waals surface area contributed by atoms with Gasteiger partial charge in [-0.2, -0.15) is 5.10 Å². The SMILES string of the molecule is [C-]#[N+]c1c(Cl)cc(C(C)n2nc(C)c3c(N)ncnc32)c(OC)c1C1CN(C(C)=O)C1. The average Bonchev–Trinajstić information content (AvgIpc) is 3.03. The molecular formula is C21H22ClN7O2. The van der Waals surface area contributed by atoms with Gasteiger partial charge in [0.15, 0.2) is 5.65 Å². The number of benzene rings is 1. The van der Waals surface area contributed by atoms with Crippen LogP contribution in [0.5, 0.6) is 5.75 Å². The third-order valence-corrected chi connectivity index (χ3v) is 6.12. The monoisotopic (exact) mass is 439 g/mol. The van der Waals surface area contributed by atoms with Crippen molar-refractivity contribution in [3.8, 4) is 5.75 Å². The second-order valence-electron chi connectivity index (χ2n) is 7.64. The lowest BCUT2D eigenvalue weighted by Gasteiger charge is -2.40. The molecule has 3 aromatic rings. The maximum Gasteiger partial charge on any atom is 0.219 e. The Kier molecular flexibility index (Phi) is 5.19. The molecule has 1 aromatic carbocycles. The third-order valence-electron chi connectivity index (χ3n) is 5.83. The Morgan fingerprint density at radius 1 is 1.42 bits per heavy atom. The Labute approximate surface area is 184 Å². The van der Waals surface area contributed by atoms with Crippen molar-refractivity contribution in [3.63, 3.8) is 0 Å². The molecule has 31 heavy (non-hydrogen) atoms. The lowest BCUT2D eigenvalue weighted by atomic mass is 9.86. The molecule has 1 amide bonds. The summed E-state index contributed by atoms with van der Waals surface area (Å²) in [5, 5.41) is 5.69. The normalized spacial score (nSPS) is 14.9. The molecule has 1 fully saturated rings. The molecule has 0 saturated carbocycles. The number of nitrogens with zero attached hydrogens (tertiary/aromatic N) is 6. The summed E-state index contributed by atoms with van der Waals surface area (Å²) in [6, 6.07) is 1.44. The molecule has 160 valence electrons. The van der Waals surface area contributed by atoms with Gasteiger partial charge in [-0.25, -0.2) is 19.5 Å². The predicted octanol–water partition coefficient (Wildman–Crippen LogP) is 3.48. The molecule has 0 radical (unpaired) electrons. The third kappa shape index (κ3) is 3.24. The minimum absolute atomic E-state index is 0.00552. The molecule has 0 spiro atoms. The maximum absolute atomic E-state index is 11.7. The first-order valence-corrected chi connectivity index (χ1v) is 10.1. The first-order chi connectivity index (χ1) is 14.8. The number of ether oxygens (including phenoxy) is 1. The highest BCUT2D eigenvalue weighted by Crippen LogP contribution is 2.48. The lowest BCUT2D eigenvalue weighted by molar-refractivity contribution is -0.133. The van der Waals surface area contributed by atoms with Crippen molar-refractivity contribution in [2.75, 3.05) is 25.9 Å². The summed E-state index contributed by atoms with van der Waals surface area (Å²) in [6.07, 6.45) is 1.41. The number of likely N-dealkylation sites (tertiary alicyclic amines) is 1. The number of halogens is 1. The number of fused-ring (bicyclic) bond motifs is 1. The molecular weight excluding hydrogens is 418 g/mol. The van der Waals surface area contributed by atoms with Gasteiger partial charge in [-0.05, 0) is 19.9 Å². The van der Waals surface area contributed by atoms with Crippen LogP contribution in [-0.2, 0) is 4.79 Å². The second-order valence-corrected chi connectivity index (χ2v) is 8.05. The van der Waals surface area contributed by atoms with Gasteiger partial charge in [-0.1, -0.05) is 11.6 Å². The highest BCUT2D eigenvalue weighted by molar-refractivity contribution is 6.33. The van der Waals surface area contributed by atoms with Gasteiger partial charge in [0.2, 0.25) is 11.6 Å². The van der Waals surface area contributed by atoms with Gasteiger partial charge >= 0.3 is 0 Å². The van der Waals surface area contributed by atoms with Crippen molar-refractivity contribution < 1.29 is 9.53 Å². The van der Waals surface area contributed by atoms with Crippen molar-refractivity contribution in [2.45, 2.75) is 32.7 Å². The average molecular weight is 440 g/mol. The molecule has 2 aromatic heterocycles. The van der Waals surface area contributed by atoms with Crippen molar-refractivity contribution in [3.05, 3.63) is 45.7 Å². The number of aryl methyl sites for hydroxylation is 1. The highest BCUT2D eigenvalue weighted by Gasteiger charge is 2.36. The van der Waals surface area contributed by atoms with E-state index in [0.717, 1.165) is 16.8 Å². The number of amides is 1. The van der Waals surface area contributed by atoms with E-state index in [-0.39, 0.29) is 17.9 Å². The summed E-state index contributed by atoms with van der Waals surface area (Å²) in [4.78, 5) is 25.5. The van der Waals surface area contributed by atoms with Crippen molar-refractivity contribution >= 4 is 40.0 Å². The molecule has 2 N–H and O–H groups in total. The van der Waals surface area contributed by atoms with Crippen LogP contribution in [-0.4, -0.2) is 50.8 Å². The molecule has 1 saturated heterocycles. The van der Waals surface area contributed by atoms with Gasteiger partial charge in [-0.3, -0.25) is 4.79 Å². The van der Waals surface area contributed by atoms with Crippen LogP contribution in [0.25, 0.3) is 15.9 Å². The molecule has 1 aliphatic rings. The van der Waals surface area contributed by atoms with E-state index >= 15 is 0 Å². The van der Waals surface area contributed by atoms with E-state index in [1.54, 1.807) is 22.8 Å². The Morgan fingerprint density at radius 3 is 2.74 bits per heavy atom. The number of nitrogen functional groups attached to an aromatic ring is 1. The maximum atomic E-state index is 11.7. The van der Waals surface area contributed by atoms with Crippen LogP contribution in [0, 0.1) is 13.5 Å².